The minimum atomic E-state index is -0.373. The number of hydrogen-bond acceptors (Lipinski definition) is 3. The molecule has 1 aromatic rings. The van der Waals surface area contributed by atoms with Crippen molar-refractivity contribution in [3.63, 3.8) is 0 Å². The molecule has 1 atom stereocenters. The predicted molar refractivity (Wildman–Crippen MR) is 65.4 cm³/mol. The molecule has 1 unspecified atom stereocenters. The molecule has 0 fully saturated rings. The van der Waals surface area contributed by atoms with E-state index in [1.54, 1.807) is 0 Å². The van der Waals surface area contributed by atoms with E-state index in [0.29, 0.717) is 5.90 Å². The third kappa shape index (κ3) is 2.02. The van der Waals surface area contributed by atoms with Gasteiger partial charge in [-0.15, -0.1) is 0 Å². The topological polar surface area (TPSA) is 38.7 Å². The van der Waals surface area contributed by atoms with Crippen LogP contribution in [-0.4, -0.2) is 17.9 Å². The molecular formula is C12H12BrNO2. The highest BCUT2D eigenvalue weighted by molar-refractivity contribution is 9.10. The zero-order chi connectivity index (χ0) is 11.7. The van der Waals surface area contributed by atoms with Crippen LogP contribution in [0.5, 0.6) is 0 Å². The summed E-state index contributed by atoms with van der Waals surface area (Å²) in [6, 6.07) is 7.19. The molecule has 84 valence electrons. The second-order valence-corrected chi connectivity index (χ2v) is 4.88. The van der Waals surface area contributed by atoms with Crippen LogP contribution in [0.3, 0.4) is 0 Å². The molecule has 0 aliphatic carbocycles. The minimum absolute atomic E-state index is 0.160. The summed E-state index contributed by atoms with van der Waals surface area (Å²) in [5, 5.41) is 0. The maximum Gasteiger partial charge on any atom is 0.338 e. The molecule has 0 amide bonds. The van der Waals surface area contributed by atoms with Crippen molar-refractivity contribution in [2.24, 2.45) is 10.9 Å². The van der Waals surface area contributed by atoms with Crippen LogP contribution in [0.4, 0.5) is 0 Å². The zero-order valence-electron chi connectivity index (χ0n) is 9.11. The fraction of sp³-hybridized carbons (Fsp3) is 0.333. The van der Waals surface area contributed by atoms with Crippen molar-refractivity contribution in [2.45, 2.75) is 19.9 Å². The van der Waals surface area contributed by atoms with Gasteiger partial charge in [-0.2, -0.15) is 0 Å². The van der Waals surface area contributed by atoms with Gasteiger partial charge in [-0.25, -0.2) is 9.79 Å². The highest BCUT2D eigenvalue weighted by Crippen LogP contribution is 2.23. The van der Waals surface area contributed by atoms with Crippen LogP contribution in [0.2, 0.25) is 0 Å². The number of ether oxygens (including phenoxy) is 1. The molecule has 0 saturated heterocycles. The number of halogens is 1. The summed E-state index contributed by atoms with van der Waals surface area (Å²) in [5.41, 5.74) is 0.819. The second kappa shape index (κ2) is 4.37. The largest absolute Gasteiger partial charge is 0.406 e. The standard InChI is InChI=1S/C12H12BrNO2/c1-7(2)10-12(15)16-11(14-10)8-5-3-4-6-9(8)13/h3-7,10H,1-2H3. The van der Waals surface area contributed by atoms with Crippen molar-refractivity contribution in [3.8, 4) is 0 Å². The number of benzene rings is 1. The highest BCUT2D eigenvalue weighted by Gasteiger charge is 2.32. The van der Waals surface area contributed by atoms with Gasteiger partial charge in [0, 0.05) is 4.47 Å². The minimum Gasteiger partial charge on any atom is -0.406 e. The number of nitrogens with zero attached hydrogens (tertiary/aromatic N) is 1. The van der Waals surface area contributed by atoms with Gasteiger partial charge in [-0.3, -0.25) is 0 Å². The molecule has 0 radical (unpaired) electrons. The number of carbonyl (C=O) groups excluding carboxylic acids is 1. The van der Waals surface area contributed by atoms with Crippen molar-refractivity contribution in [3.05, 3.63) is 34.3 Å². The Morgan fingerprint density at radius 3 is 2.62 bits per heavy atom. The number of esters is 1. The van der Waals surface area contributed by atoms with Crippen LogP contribution in [-0.2, 0) is 9.53 Å². The Hall–Kier alpha value is -1.16. The predicted octanol–water partition coefficient (Wildman–Crippen LogP) is 2.78. The third-order valence-electron chi connectivity index (χ3n) is 2.43. The van der Waals surface area contributed by atoms with Gasteiger partial charge in [-0.05, 0) is 34.0 Å². The molecule has 16 heavy (non-hydrogen) atoms. The van der Waals surface area contributed by atoms with E-state index in [4.69, 9.17) is 4.74 Å². The van der Waals surface area contributed by atoms with Crippen LogP contribution in [0.1, 0.15) is 19.4 Å². The number of carbonyl (C=O) groups is 1. The molecular weight excluding hydrogens is 270 g/mol. The average Bonchev–Trinajstić information content (AvgIpc) is 2.61. The molecule has 1 aliphatic heterocycles. The zero-order valence-corrected chi connectivity index (χ0v) is 10.7. The van der Waals surface area contributed by atoms with Crippen molar-refractivity contribution >= 4 is 27.8 Å². The van der Waals surface area contributed by atoms with Gasteiger partial charge in [0.25, 0.3) is 0 Å². The van der Waals surface area contributed by atoms with Crippen LogP contribution in [0.15, 0.2) is 33.7 Å². The Balaban J connectivity index is 2.34. The molecule has 2 rings (SSSR count). The monoisotopic (exact) mass is 281 g/mol. The van der Waals surface area contributed by atoms with Crippen molar-refractivity contribution in [2.75, 3.05) is 0 Å². The van der Waals surface area contributed by atoms with E-state index in [1.807, 2.05) is 38.1 Å². The summed E-state index contributed by atoms with van der Waals surface area (Å²) < 4.78 is 6.06. The van der Waals surface area contributed by atoms with Gasteiger partial charge in [0.15, 0.2) is 6.04 Å². The van der Waals surface area contributed by atoms with Gasteiger partial charge in [0.1, 0.15) is 0 Å². The summed E-state index contributed by atoms with van der Waals surface area (Å²) in [4.78, 5) is 15.9. The first-order valence-corrected chi connectivity index (χ1v) is 5.93. The van der Waals surface area contributed by atoms with E-state index in [-0.39, 0.29) is 17.9 Å². The Morgan fingerprint density at radius 2 is 2.06 bits per heavy atom. The van der Waals surface area contributed by atoms with Crippen molar-refractivity contribution < 1.29 is 9.53 Å². The van der Waals surface area contributed by atoms with Gasteiger partial charge in [0.05, 0.1) is 5.56 Å². The summed E-state index contributed by atoms with van der Waals surface area (Å²) in [6.45, 7) is 3.91. The fourth-order valence-electron chi connectivity index (χ4n) is 1.54. The van der Waals surface area contributed by atoms with Crippen molar-refractivity contribution in [1.82, 2.24) is 0 Å². The van der Waals surface area contributed by atoms with E-state index in [9.17, 15) is 4.79 Å². The summed E-state index contributed by atoms with van der Waals surface area (Å²) in [5.74, 6) is 0.310. The molecule has 0 aromatic heterocycles. The maximum absolute atomic E-state index is 11.6. The van der Waals surface area contributed by atoms with E-state index in [2.05, 4.69) is 20.9 Å². The highest BCUT2D eigenvalue weighted by atomic mass is 79.9. The molecule has 0 saturated carbocycles. The van der Waals surface area contributed by atoms with E-state index >= 15 is 0 Å². The lowest BCUT2D eigenvalue weighted by atomic mass is 10.1. The van der Waals surface area contributed by atoms with Crippen LogP contribution in [0.25, 0.3) is 0 Å². The Kier molecular flexibility index (Phi) is 3.10. The first-order chi connectivity index (χ1) is 7.59. The lowest BCUT2D eigenvalue weighted by molar-refractivity contribution is -0.135. The lowest BCUT2D eigenvalue weighted by Gasteiger charge is -2.04. The third-order valence-corrected chi connectivity index (χ3v) is 3.12. The SMILES string of the molecule is CC(C)C1N=C(c2ccccc2Br)OC1=O. The first-order valence-electron chi connectivity index (χ1n) is 5.14. The van der Waals surface area contributed by atoms with Crippen LogP contribution in [0, 0.1) is 5.92 Å². The molecule has 0 spiro atoms. The Labute approximate surface area is 103 Å². The lowest BCUT2D eigenvalue weighted by Crippen LogP contribution is -2.20. The maximum atomic E-state index is 11.6. The van der Waals surface area contributed by atoms with Gasteiger partial charge in [-0.1, -0.05) is 26.0 Å². The summed E-state index contributed by atoms with van der Waals surface area (Å²) >= 11 is 3.41. The van der Waals surface area contributed by atoms with Crippen LogP contribution < -0.4 is 0 Å². The fourth-order valence-corrected chi connectivity index (χ4v) is 2.00. The number of hydrogen-bond donors (Lipinski definition) is 0. The average molecular weight is 282 g/mol. The Bertz CT molecular complexity index is 454. The first kappa shape index (κ1) is 11.3. The van der Waals surface area contributed by atoms with Gasteiger partial charge in [0.2, 0.25) is 5.90 Å². The summed E-state index contributed by atoms with van der Waals surface area (Å²) in [6.07, 6.45) is 0. The number of rotatable bonds is 2. The molecule has 0 bridgehead atoms. The summed E-state index contributed by atoms with van der Waals surface area (Å²) in [7, 11) is 0. The van der Waals surface area contributed by atoms with Gasteiger partial charge < -0.3 is 4.74 Å². The smallest absolute Gasteiger partial charge is 0.338 e. The normalized spacial score (nSPS) is 19.9. The van der Waals surface area contributed by atoms with E-state index in [0.717, 1.165) is 10.0 Å². The number of aliphatic imine (C=N–C) groups is 1. The van der Waals surface area contributed by atoms with Crippen molar-refractivity contribution in [1.29, 1.82) is 0 Å². The number of cyclic esters (lactones) is 1. The quantitative estimate of drug-likeness (QED) is 0.782. The molecule has 4 heteroatoms. The molecule has 3 nitrogen and oxygen atoms in total. The molecule has 1 heterocycles. The molecule has 1 aromatic carbocycles. The van der Waals surface area contributed by atoms with E-state index in [1.165, 1.54) is 0 Å². The molecule has 1 aliphatic rings. The Morgan fingerprint density at radius 1 is 1.38 bits per heavy atom. The second-order valence-electron chi connectivity index (χ2n) is 4.02. The van der Waals surface area contributed by atoms with E-state index < -0.39 is 0 Å². The molecule has 0 N–H and O–H groups in total. The van der Waals surface area contributed by atoms with Gasteiger partial charge >= 0.3 is 5.97 Å². The van der Waals surface area contributed by atoms with Crippen LogP contribution >= 0.6 is 15.9 Å².